The van der Waals surface area contributed by atoms with Crippen LogP contribution in [0.2, 0.25) is 0 Å². The Kier molecular flexibility index (Phi) is 6.75. The first-order valence-corrected chi connectivity index (χ1v) is 13.4. The molecule has 1 aromatic heterocycles. The quantitative estimate of drug-likeness (QED) is 0.325. The molecule has 0 unspecified atom stereocenters. The number of thiazole rings is 1. The number of hydrogen-bond donors (Lipinski definition) is 3. The number of aromatic nitrogens is 1. The van der Waals surface area contributed by atoms with Crippen molar-refractivity contribution in [2.45, 2.75) is 11.0 Å². The molecule has 10 nitrogen and oxygen atoms in total. The molecule has 188 valence electrons. The van der Waals surface area contributed by atoms with Gasteiger partial charge in [-0.15, -0.1) is 11.3 Å². The molecule has 12 heteroatoms. The summed E-state index contributed by atoms with van der Waals surface area (Å²) in [6, 6.07) is 19.2. The zero-order chi connectivity index (χ0) is 25.8. The van der Waals surface area contributed by atoms with E-state index in [2.05, 4.69) is 20.3 Å². The first-order chi connectivity index (χ1) is 17.9. The van der Waals surface area contributed by atoms with Crippen molar-refractivity contribution in [1.82, 2.24) is 4.98 Å². The van der Waals surface area contributed by atoms with Crippen LogP contribution in [-0.2, 0) is 14.8 Å². The van der Waals surface area contributed by atoms with Gasteiger partial charge in [-0.1, -0.05) is 12.1 Å². The fourth-order valence-corrected chi connectivity index (χ4v) is 5.23. The van der Waals surface area contributed by atoms with E-state index in [1.807, 2.05) is 6.07 Å². The van der Waals surface area contributed by atoms with E-state index in [0.29, 0.717) is 28.4 Å². The SMILES string of the molecule is O=C(Nc1ccc(S(=O)(=O)Nc2nccs2)cc1)c1ccc(NC(=O)[C@H]2COc3ccccc3O2)cc1. The van der Waals surface area contributed by atoms with Crippen LogP contribution >= 0.6 is 11.3 Å². The lowest BCUT2D eigenvalue weighted by Crippen LogP contribution is -2.40. The molecule has 0 saturated heterocycles. The molecule has 3 aromatic carbocycles. The zero-order valence-electron chi connectivity index (χ0n) is 19.1. The number of anilines is 3. The van der Waals surface area contributed by atoms with Crippen molar-refractivity contribution in [3.05, 3.63) is 89.9 Å². The van der Waals surface area contributed by atoms with Crippen molar-refractivity contribution in [3.63, 3.8) is 0 Å². The molecular weight excluding hydrogens is 516 g/mol. The van der Waals surface area contributed by atoms with Crippen LogP contribution in [0.15, 0.2) is 89.3 Å². The van der Waals surface area contributed by atoms with Gasteiger partial charge in [0.2, 0.25) is 6.10 Å². The van der Waals surface area contributed by atoms with Gasteiger partial charge in [-0.25, -0.2) is 13.4 Å². The summed E-state index contributed by atoms with van der Waals surface area (Å²) in [5.41, 5.74) is 1.27. The highest BCUT2D eigenvalue weighted by atomic mass is 32.2. The Morgan fingerprint density at radius 2 is 1.57 bits per heavy atom. The summed E-state index contributed by atoms with van der Waals surface area (Å²) in [5.74, 6) is 0.328. The molecule has 0 saturated carbocycles. The largest absolute Gasteiger partial charge is 0.485 e. The molecule has 1 atom stereocenters. The van der Waals surface area contributed by atoms with Crippen LogP contribution in [0.1, 0.15) is 10.4 Å². The maximum atomic E-state index is 12.6. The predicted octanol–water partition coefficient (Wildman–Crippen LogP) is 3.97. The minimum absolute atomic E-state index is 0.0385. The highest BCUT2D eigenvalue weighted by molar-refractivity contribution is 7.93. The van der Waals surface area contributed by atoms with Crippen LogP contribution in [0.4, 0.5) is 16.5 Å². The fraction of sp³-hybridized carbons (Fsp3) is 0.0800. The molecule has 4 aromatic rings. The number of nitrogens with zero attached hydrogens (tertiary/aromatic N) is 1. The van der Waals surface area contributed by atoms with Gasteiger partial charge in [0.25, 0.3) is 21.8 Å². The van der Waals surface area contributed by atoms with E-state index >= 15 is 0 Å². The number of sulfonamides is 1. The summed E-state index contributed by atoms with van der Waals surface area (Å²) in [7, 11) is -3.78. The molecule has 2 heterocycles. The predicted molar refractivity (Wildman–Crippen MR) is 139 cm³/mol. The second kappa shape index (κ2) is 10.3. The van der Waals surface area contributed by atoms with Crippen LogP contribution in [0.3, 0.4) is 0 Å². The lowest BCUT2D eigenvalue weighted by Gasteiger charge is -2.25. The van der Waals surface area contributed by atoms with Gasteiger partial charge in [-0.2, -0.15) is 0 Å². The standard InChI is InChI=1S/C25H20N4O6S2/c30-23(27-18-9-11-19(12-10-18)37(32,33)29-25-26-13-14-36-25)16-5-7-17(8-6-16)28-24(31)22-15-34-20-3-1-2-4-21(20)35-22/h1-14,22H,15H2,(H,26,29)(H,27,30)(H,28,31)/t22-/m1/s1. The van der Waals surface area contributed by atoms with Crippen molar-refractivity contribution in [1.29, 1.82) is 0 Å². The molecule has 0 fully saturated rings. The fourth-order valence-electron chi connectivity index (χ4n) is 3.44. The lowest BCUT2D eigenvalue weighted by atomic mass is 10.2. The van der Waals surface area contributed by atoms with Gasteiger partial charge in [-0.05, 0) is 60.7 Å². The maximum absolute atomic E-state index is 12.6. The number of ether oxygens (including phenoxy) is 2. The maximum Gasteiger partial charge on any atom is 0.269 e. The van der Waals surface area contributed by atoms with E-state index < -0.39 is 22.0 Å². The average molecular weight is 537 g/mol. The highest BCUT2D eigenvalue weighted by Crippen LogP contribution is 2.31. The van der Waals surface area contributed by atoms with E-state index in [1.54, 1.807) is 47.8 Å². The van der Waals surface area contributed by atoms with Gasteiger partial charge in [-0.3, -0.25) is 14.3 Å². The number of para-hydroxylation sites is 2. The molecule has 1 aliphatic rings. The molecule has 3 N–H and O–H groups in total. The third-order valence-electron chi connectivity index (χ3n) is 5.29. The van der Waals surface area contributed by atoms with Crippen molar-refractivity contribution in [2.75, 3.05) is 22.0 Å². The van der Waals surface area contributed by atoms with Gasteiger partial charge in [0.05, 0.1) is 4.90 Å². The van der Waals surface area contributed by atoms with Crippen molar-refractivity contribution >= 4 is 49.7 Å². The molecule has 2 amide bonds. The topological polar surface area (TPSA) is 136 Å². The Bertz CT molecular complexity index is 1520. The lowest BCUT2D eigenvalue weighted by molar-refractivity contribution is -0.125. The number of carbonyl (C=O) groups is 2. The van der Waals surface area contributed by atoms with Gasteiger partial charge >= 0.3 is 0 Å². The summed E-state index contributed by atoms with van der Waals surface area (Å²) in [5, 5.41) is 7.40. The summed E-state index contributed by atoms with van der Waals surface area (Å²) in [6.45, 7) is 0.0877. The van der Waals surface area contributed by atoms with Gasteiger partial charge in [0, 0.05) is 28.5 Å². The Balaban J connectivity index is 1.17. The van der Waals surface area contributed by atoms with Crippen LogP contribution in [0, 0.1) is 0 Å². The molecule has 0 aliphatic carbocycles. The van der Waals surface area contributed by atoms with E-state index in [0.717, 1.165) is 0 Å². The molecular formula is C25H20N4O6S2. The van der Waals surface area contributed by atoms with E-state index in [9.17, 15) is 18.0 Å². The molecule has 1 aliphatic heterocycles. The summed E-state index contributed by atoms with van der Waals surface area (Å²) < 4.78 is 38.6. The van der Waals surface area contributed by atoms with Crippen LogP contribution in [0.25, 0.3) is 0 Å². The van der Waals surface area contributed by atoms with Crippen LogP contribution < -0.4 is 24.8 Å². The normalized spacial score (nSPS) is 14.4. The Morgan fingerprint density at radius 3 is 2.27 bits per heavy atom. The highest BCUT2D eigenvalue weighted by Gasteiger charge is 2.27. The van der Waals surface area contributed by atoms with Crippen LogP contribution in [-0.4, -0.2) is 37.9 Å². The Labute approximate surface area is 216 Å². The number of benzene rings is 3. The first-order valence-electron chi connectivity index (χ1n) is 11.0. The third kappa shape index (κ3) is 5.71. The molecule has 0 spiro atoms. The van der Waals surface area contributed by atoms with E-state index in [4.69, 9.17) is 9.47 Å². The molecule has 0 bridgehead atoms. The number of nitrogens with one attached hydrogen (secondary N) is 3. The van der Waals surface area contributed by atoms with Gasteiger partial charge in [0.15, 0.2) is 16.6 Å². The van der Waals surface area contributed by atoms with E-state index in [1.165, 1.54) is 41.8 Å². The zero-order valence-corrected chi connectivity index (χ0v) is 20.7. The molecule has 5 rings (SSSR count). The van der Waals surface area contributed by atoms with Gasteiger partial charge in [0.1, 0.15) is 6.61 Å². The molecule has 0 radical (unpaired) electrons. The monoisotopic (exact) mass is 536 g/mol. The Morgan fingerprint density at radius 1 is 0.892 bits per heavy atom. The number of carbonyl (C=O) groups excluding carboxylic acids is 2. The summed E-state index contributed by atoms with van der Waals surface area (Å²) >= 11 is 1.17. The van der Waals surface area contributed by atoms with Crippen molar-refractivity contribution in [3.8, 4) is 11.5 Å². The summed E-state index contributed by atoms with van der Waals surface area (Å²) in [4.78, 5) is 29.2. The minimum Gasteiger partial charge on any atom is -0.485 e. The van der Waals surface area contributed by atoms with Gasteiger partial charge < -0.3 is 20.1 Å². The minimum atomic E-state index is -3.78. The number of fused-ring (bicyclic) bond motifs is 1. The molecule has 37 heavy (non-hydrogen) atoms. The van der Waals surface area contributed by atoms with E-state index in [-0.39, 0.29) is 22.5 Å². The number of rotatable bonds is 7. The average Bonchev–Trinajstić information content (AvgIpc) is 3.41. The first kappa shape index (κ1) is 24.3. The number of amides is 2. The second-order valence-electron chi connectivity index (χ2n) is 7.85. The Hall–Kier alpha value is -4.42. The third-order valence-corrected chi connectivity index (χ3v) is 7.46. The smallest absolute Gasteiger partial charge is 0.269 e. The number of hydrogen-bond acceptors (Lipinski definition) is 8. The van der Waals surface area contributed by atoms with Crippen molar-refractivity contribution in [2.24, 2.45) is 0 Å². The van der Waals surface area contributed by atoms with Crippen LogP contribution in [0.5, 0.6) is 11.5 Å². The second-order valence-corrected chi connectivity index (χ2v) is 10.4. The van der Waals surface area contributed by atoms with Crippen molar-refractivity contribution < 1.29 is 27.5 Å². The summed E-state index contributed by atoms with van der Waals surface area (Å²) in [6.07, 6.45) is 0.697.